The van der Waals surface area contributed by atoms with Crippen molar-refractivity contribution in [2.75, 3.05) is 19.8 Å². The molecule has 1 saturated carbocycles. The van der Waals surface area contributed by atoms with Crippen LogP contribution in [0.25, 0.3) is 0 Å². The lowest BCUT2D eigenvalue weighted by Gasteiger charge is -2.23. The van der Waals surface area contributed by atoms with Gasteiger partial charge < -0.3 is 10.1 Å². The van der Waals surface area contributed by atoms with Crippen LogP contribution in [0.1, 0.15) is 31.1 Å². The van der Waals surface area contributed by atoms with E-state index in [1.807, 2.05) is 0 Å². The summed E-state index contributed by atoms with van der Waals surface area (Å²) in [5.41, 5.74) is 0. The molecule has 2 fully saturated rings. The van der Waals surface area contributed by atoms with Crippen molar-refractivity contribution < 1.29 is 17.9 Å². The van der Waals surface area contributed by atoms with Gasteiger partial charge in [0.25, 0.3) is 10.0 Å². The fourth-order valence-electron chi connectivity index (χ4n) is 2.71. The molecule has 23 heavy (non-hydrogen) atoms. The summed E-state index contributed by atoms with van der Waals surface area (Å²) < 4.78 is 33.3. The van der Waals surface area contributed by atoms with E-state index in [2.05, 4.69) is 5.32 Å². The normalized spacial score (nSPS) is 21.7. The fourth-order valence-corrected chi connectivity index (χ4v) is 5.89. The highest BCUT2D eigenvalue weighted by Crippen LogP contribution is 2.35. The maximum atomic E-state index is 13.0. The van der Waals surface area contributed by atoms with E-state index in [-0.39, 0.29) is 11.9 Å². The summed E-state index contributed by atoms with van der Waals surface area (Å²) in [4.78, 5) is 11.8. The zero-order valence-electron chi connectivity index (χ0n) is 13.2. The van der Waals surface area contributed by atoms with Crippen LogP contribution in [-0.2, 0) is 26.1 Å². The molecule has 0 radical (unpaired) electrons. The lowest BCUT2D eigenvalue weighted by molar-refractivity contribution is -0.119. The number of ether oxygens (including phenoxy) is 1. The Morgan fingerprint density at radius 1 is 1.39 bits per heavy atom. The minimum atomic E-state index is -3.46. The van der Waals surface area contributed by atoms with Gasteiger partial charge in [0.2, 0.25) is 5.91 Å². The van der Waals surface area contributed by atoms with Gasteiger partial charge in [0.15, 0.2) is 0 Å². The molecule has 1 aromatic heterocycles. The van der Waals surface area contributed by atoms with Crippen LogP contribution in [0.15, 0.2) is 16.3 Å². The average molecular weight is 358 g/mol. The van der Waals surface area contributed by atoms with Crippen LogP contribution >= 0.6 is 11.3 Å². The monoisotopic (exact) mass is 358 g/mol. The molecule has 0 unspecified atom stereocenters. The van der Waals surface area contributed by atoms with E-state index in [0.29, 0.717) is 29.8 Å². The fraction of sp³-hybridized carbons (Fsp3) is 0.667. The molecule has 6 nitrogen and oxygen atoms in total. The molecule has 1 aliphatic heterocycles. The summed E-state index contributed by atoms with van der Waals surface area (Å²) in [7, 11) is -3.46. The third-order valence-corrected chi connectivity index (χ3v) is 7.60. The van der Waals surface area contributed by atoms with E-state index < -0.39 is 10.0 Å². The van der Waals surface area contributed by atoms with Crippen molar-refractivity contribution in [1.29, 1.82) is 0 Å². The first-order valence-corrected chi connectivity index (χ1v) is 10.1. The van der Waals surface area contributed by atoms with Gasteiger partial charge in [0.1, 0.15) is 4.21 Å². The standard InChI is InChI=1S/C15H22N2O4S2/c1-11(18)16-8-14-4-5-15(22-14)23(19,20)17(13-2-3-13)9-12-6-7-21-10-12/h4-5,12-13H,2-3,6-10H2,1H3,(H,16,18)/t12-/m1/s1. The summed E-state index contributed by atoms with van der Waals surface area (Å²) in [5, 5.41) is 2.70. The number of carbonyl (C=O) groups excluding carboxylic acids is 1. The molecule has 1 N–H and O–H groups in total. The van der Waals surface area contributed by atoms with Crippen LogP contribution in [0.3, 0.4) is 0 Å². The van der Waals surface area contributed by atoms with Crippen molar-refractivity contribution in [2.24, 2.45) is 5.92 Å². The maximum Gasteiger partial charge on any atom is 0.252 e. The van der Waals surface area contributed by atoms with E-state index in [4.69, 9.17) is 4.74 Å². The quantitative estimate of drug-likeness (QED) is 0.803. The third-order valence-electron chi connectivity index (χ3n) is 4.13. The predicted molar refractivity (Wildman–Crippen MR) is 87.7 cm³/mol. The molecule has 1 atom stereocenters. The molecule has 1 aromatic rings. The number of sulfonamides is 1. The number of carbonyl (C=O) groups is 1. The zero-order valence-corrected chi connectivity index (χ0v) is 14.8. The highest BCUT2D eigenvalue weighted by Gasteiger charge is 2.40. The Labute approximate surface area is 140 Å². The van der Waals surface area contributed by atoms with Crippen LogP contribution in [0, 0.1) is 5.92 Å². The highest BCUT2D eigenvalue weighted by molar-refractivity contribution is 7.91. The average Bonchev–Trinajstić information content (AvgIpc) is 3.02. The predicted octanol–water partition coefficient (Wildman–Crippen LogP) is 1.57. The molecule has 0 spiro atoms. The number of thiophene rings is 1. The van der Waals surface area contributed by atoms with E-state index >= 15 is 0 Å². The molecule has 3 rings (SSSR count). The molecule has 2 heterocycles. The Morgan fingerprint density at radius 3 is 2.78 bits per heavy atom. The van der Waals surface area contributed by atoms with Crippen LogP contribution < -0.4 is 5.32 Å². The molecule has 0 bridgehead atoms. The van der Waals surface area contributed by atoms with Gasteiger partial charge in [0, 0.05) is 31.0 Å². The number of rotatable bonds is 7. The molecule has 1 saturated heterocycles. The summed E-state index contributed by atoms with van der Waals surface area (Å²) in [6.45, 7) is 3.74. The number of amides is 1. The van der Waals surface area contributed by atoms with Crippen molar-refractivity contribution in [3.8, 4) is 0 Å². The largest absolute Gasteiger partial charge is 0.381 e. The van der Waals surface area contributed by atoms with Gasteiger partial charge in [-0.05, 0) is 37.3 Å². The van der Waals surface area contributed by atoms with Crippen LogP contribution in [0.5, 0.6) is 0 Å². The lowest BCUT2D eigenvalue weighted by atomic mass is 10.1. The molecule has 8 heteroatoms. The van der Waals surface area contributed by atoms with E-state index in [0.717, 1.165) is 30.7 Å². The van der Waals surface area contributed by atoms with Crippen LogP contribution in [0.4, 0.5) is 0 Å². The molecule has 2 aliphatic rings. The van der Waals surface area contributed by atoms with Crippen LogP contribution in [-0.4, -0.2) is 44.4 Å². The van der Waals surface area contributed by atoms with Gasteiger partial charge in [0.05, 0.1) is 13.2 Å². The van der Waals surface area contributed by atoms with Gasteiger partial charge in [-0.2, -0.15) is 4.31 Å². The molecule has 0 aromatic carbocycles. The lowest BCUT2D eigenvalue weighted by Crippen LogP contribution is -2.37. The number of hydrogen-bond donors (Lipinski definition) is 1. The van der Waals surface area contributed by atoms with Crippen molar-refractivity contribution in [3.05, 3.63) is 17.0 Å². The number of hydrogen-bond acceptors (Lipinski definition) is 5. The number of nitrogens with zero attached hydrogens (tertiary/aromatic N) is 1. The Bertz CT molecular complexity index is 661. The first kappa shape index (κ1) is 16.9. The summed E-state index contributed by atoms with van der Waals surface area (Å²) in [5.74, 6) is 0.174. The summed E-state index contributed by atoms with van der Waals surface area (Å²) in [6, 6.07) is 3.57. The molecule has 128 valence electrons. The minimum absolute atomic E-state index is 0.122. The molecule has 1 amide bonds. The van der Waals surface area contributed by atoms with Gasteiger partial charge in [-0.3, -0.25) is 4.79 Å². The SMILES string of the molecule is CC(=O)NCc1ccc(S(=O)(=O)N(C[C@H]2CCOC2)C2CC2)s1. The Kier molecular flexibility index (Phi) is 5.05. The van der Waals surface area contributed by atoms with Gasteiger partial charge in [-0.15, -0.1) is 11.3 Å². The van der Waals surface area contributed by atoms with E-state index in [9.17, 15) is 13.2 Å². The second-order valence-corrected chi connectivity index (χ2v) is 9.45. The molecule has 1 aliphatic carbocycles. The maximum absolute atomic E-state index is 13.0. The molecular weight excluding hydrogens is 336 g/mol. The van der Waals surface area contributed by atoms with Gasteiger partial charge in [-0.25, -0.2) is 8.42 Å². The highest BCUT2D eigenvalue weighted by atomic mass is 32.2. The Hall–Kier alpha value is -0.960. The number of nitrogens with one attached hydrogen (secondary N) is 1. The van der Waals surface area contributed by atoms with Crippen molar-refractivity contribution >= 4 is 27.3 Å². The third kappa shape index (κ3) is 4.12. The Morgan fingerprint density at radius 2 is 2.17 bits per heavy atom. The second kappa shape index (κ2) is 6.88. The molecular formula is C15H22N2O4S2. The Balaban J connectivity index is 1.73. The second-order valence-electron chi connectivity index (χ2n) is 6.17. The van der Waals surface area contributed by atoms with Gasteiger partial charge >= 0.3 is 0 Å². The topological polar surface area (TPSA) is 75.7 Å². The minimum Gasteiger partial charge on any atom is -0.381 e. The summed E-state index contributed by atoms with van der Waals surface area (Å²) in [6.07, 6.45) is 2.81. The first-order chi connectivity index (χ1) is 11.0. The van der Waals surface area contributed by atoms with Crippen molar-refractivity contribution in [3.63, 3.8) is 0 Å². The van der Waals surface area contributed by atoms with Gasteiger partial charge in [-0.1, -0.05) is 0 Å². The summed E-state index contributed by atoms with van der Waals surface area (Å²) >= 11 is 1.24. The van der Waals surface area contributed by atoms with E-state index in [1.165, 1.54) is 18.3 Å². The zero-order chi connectivity index (χ0) is 16.4. The van der Waals surface area contributed by atoms with Crippen LogP contribution in [0.2, 0.25) is 0 Å². The first-order valence-electron chi connectivity index (χ1n) is 7.89. The van der Waals surface area contributed by atoms with Crippen molar-refractivity contribution in [1.82, 2.24) is 9.62 Å². The van der Waals surface area contributed by atoms with Crippen molar-refractivity contribution in [2.45, 2.75) is 43.0 Å². The van der Waals surface area contributed by atoms with E-state index in [1.54, 1.807) is 16.4 Å². The smallest absolute Gasteiger partial charge is 0.252 e.